The third-order valence-electron chi connectivity index (χ3n) is 3.74. The summed E-state index contributed by atoms with van der Waals surface area (Å²) in [5.74, 6) is 0.282. The van der Waals surface area contributed by atoms with Crippen molar-refractivity contribution < 1.29 is 19.3 Å². The highest BCUT2D eigenvalue weighted by molar-refractivity contribution is 4.92. The number of aliphatic hydroxyl groups excluding tert-OH is 1. The highest BCUT2D eigenvalue weighted by atomic mass is 16.6. The van der Waals surface area contributed by atoms with E-state index >= 15 is 0 Å². The first kappa shape index (κ1) is 13.3. The lowest BCUT2D eigenvalue weighted by molar-refractivity contribution is -0.126. The highest BCUT2D eigenvalue weighted by Gasteiger charge is 2.42. The molecule has 4 heteroatoms. The molecule has 2 heterocycles. The zero-order valence-corrected chi connectivity index (χ0v) is 10.9. The molecule has 0 amide bonds. The molecule has 2 rings (SSSR count). The van der Waals surface area contributed by atoms with Crippen molar-refractivity contribution in [2.45, 2.75) is 50.9 Å². The molecule has 0 aromatic heterocycles. The molecule has 0 bridgehead atoms. The molecule has 2 aliphatic rings. The van der Waals surface area contributed by atoms with Gasteiger partial charge in [0.05, 0.1) is 31.0 Å². The first-order chi connectivity index (χ1) is 8.11. The molecule has 0 radical (unpaired) electrons. The first-order valence-corrected chi connectivity index (χ1v) is 6.63. The molecule has 100 valence electrons. The van der Waals surface area contributed by atoms with Crippen LogP contribution in [0.2, 0.25) is 0 Å². The Labute approximate surface area is 103 Å². The standard InChI is InChI=1S/C13H24O4/c1-10(2)16-8-12(14)11-3-5-17-13(7-11)4-6-15-9-13/h10-12,14H,3-9H2,1-2H3. The summed E-state index contributed by atoms with van der Waals surface area (Å²) >= 11 is 0. The maximum absolute atomic E-state index is 10.1. The monoisotopic (exact) mass is 244 g/mol. The van der Waals surface area contributed by atoms with E-state index in [0.717, 1.165) is 32.5 Å². The molecule has 3 unspecified atom stereocenters. The summed E-state index contributed by atoms with van der Waals surface area (Å²) in [6.45, 7) is 6.60. The van der Waals surface area contributed by atoms with Crippen molar-refractivity contribution >= 4 is 0 Å². The summed E-state index contributed by atoms with van der Waals surface area (Å²) in [7, 11) is 0. The maximum Gasteiger partial charge on any atom is 0.0940 e. The van der Waals surface area contributed by atoms with E-state index in [0.29, 0.717) is 13.2 Å². The van der Waals surface area contributed by atoms with Gasteiger partial charge >= 0.3 is 0 Å². The summed E-state index contributed by atoms with van der Waals surface area (Å²) in [5.41, 5.74) is -0.123. The minimum atomic E-state index is -0.376. The van der Waals surface area contributed by atoms with Gasteiger partial charge < -0.3 is 19.3 Å². The lowest BCUT2D eigenvalue weighted by atomic mass is 9.82. The molecule has 0 aromatic carbocycles. The minimum absolute atomic E-state index is 0.123. The SMILES string of the molecule is CC(C)OCC(O)C1CCOC2(CCOC2)C1. The predicted octanol–water partition coefficient (Wildman–Crippen LogP) is 1.36. The number of rotatable bonds is 4. The molecule has 2 fully saturated rings. The topological polar surface area (TPSA) is 47.9 Å². The molecule has 0 saturated carbocycles. The van der Waals surface area contributed by atoms with Gasteiger partial charge in [-0.15, -0.1) is 0 Å². The molecule has 3 atom stereocenters. The van der Waals surface area contributed by atoms with Gasteiger partial charge in [-0.1, -0.05) is 0 Å². The smallest absolute Gasteiger partial charge is 0.0940 e. The second-order valence-corrected chi connectivity index (χ2v) is 5.54. The van der Waals surface area contributed by atoms with Crippen LogP contribution in [-0.2, 0) is 14.2 Å². The second kappa shape index (κ2) is 5.65. The van der Waals surface area contributed by atoms with E-state index in [4.69, 9.17) is 14.2 Å². The van der Waals surface area contributed by atoms with E-state index in [9.17, 15) is 5.11 Å². The lowest BCUT2D eigenvalue weighted by Crippen LogP contribution is -2.44. The number of ether oxygens (including phenoxy) is 3. The van der Waals surface area contributed by atoms with Crippen LogP contribution in [0.3, 0.4) is 0 Å². The Balaban J connectivity index is 1.84. The van der Waals surface area contributed by atoms with Crippen LogP contribution in [0.1, 0.15) is 33.1 Å². The van der Waals surface area contributed by atoms with Gasteiger partial charge in [0, 0.05) is 19.6 Å². The number of aliphatic hydroxyl groups is 1. The van der Waals surface area contributed by atoms with Gasteiger partial charge in [0.2, 0.25) is 0 Å². The van der Waals surface area contributed by atoms with Crippen LogP contribution < -0.4 is 0 Å². The van der Waals surface area contributed by atoms with Crippen molar-refractivity contribution in [1.29, 1.82) is 0 Å². The number of hydrogen-bond acceptors (Lipinski definition) is 4. The van der Waals surface area contributed by atoms with Gasteiger partial charge in [-0.2, -0.15) is 0 Å². The zero-order valence-electron chi connectivity index (χ0n) is 10.9. The Morgan fingerprint density at radius 2 is 2.24 bits per heavy atom. The van der Waals surface area contributed by atoms with Crippen molar-refractivity contribution in [2.24, 2.45) is 5.92 Å². The summed E-state index contributed by atoms with van der Waals surface area (Å²) in [6, 6.07) is 0. The van der Waals surface area contributed by atoms with Crippen LogP contribution in [0.15, 0.2) is 0 Å². The van der Waals surface area contributed by atoms with Gasteiger partial charge in [-0.25, -0.2) is 0 Å². The third-order valence-corrected chi connectivity index (χ3v) is 3.74. The van der Waals surface area contributed by atoms with Gasteiger partial charge in [0.15, 0.2) is 0 Å². The van der Waals surface area contributed by atoms with Crippen LogP contribution >= 0.6 is 0 Å². The van der Waals surface area contributed by atoms with Crippen molar-refractivity contribution in [2.75, 3.05) is 26.4 Å². The fraction of sp³-hybridized carbons (Fsp3) is 1.00. The Morgan fingerprint density at radius 1 is 1.41 bits per heavy atom. The minimum Gasteiger partial charge on any atom is -0.390 e. The molecular weight excluding hydrogens is 220 g/mol. The summed E-state index contributed by atoms with van der Waals surface area (Å²) in [5, 5.41) is 10.1. The molecular formula is C13H24O4. The van der Waals surface area contributed by atoms with E-state index in [1.807, 2.05) is 13.8 Å². The summed E-state index contributed by atoms with van der Waals surface area (Å²) in [6.07, 6.45) is 2.58. The maximum atomic E-state index is 10.1. The van der Waals surface area contributed by atoms with Gasteiger partial charge in [-0.3, -0.25) is 0 Å². The zero-order chi connectivity index (χ0) is 12.3. The molecule has 0 aliphatic carbocycles. The van der Waals surface area contributed by atoms with Gasteiger partial charge in [-0.05, 0) is 32.6 Å². The van der Waals surface area contributed by atoms with E-state index in [1.165, 1.54) is 0 Å². The fourth-order valence-electron chi connectivity index (χ4n) is 2.68. The summed E-state index contributed by atoms with van der Waals surface area (Å²) < 4.78 is 16.8. The van der Waals surface area contributed by atoms with E-state index in [1.54, 1.807) is 0 Å². The fourth-order valence-corrected chi connectivity index (χ4v) is 2.68. The van der Waals surface area contributed by atoms with Crippen LogP contribution in [0.25, 0.3) is 0 Å². The predicted molar refractivity (Wildman–Crippen MR) is 63.9 cm³/mol. The summed E-state index contributed by atoms with van der Waals surface area (Å²) in [4.78, 5) is 0. The largest absolute Gasteiger partial charge is 0.390 e. The third kappa shape index (κ3) is 3.41. The van der Waals surface area contributed by atoms with Crippen LogP contribution in [0.4, 0.5) is 0 Å². The van der Waals surface area contributed by atoms with E-state index in [-0.39, 0.29) is 23.7 Å². The molecule has 2 aliphatic heterocycles. The number of hydrogen-bond donors (Lipinski definition) is 1. The Bertz CT molecular complexity index is 236. The van der Waals surface area contributed by atoms with Crippen molar-refractivity contribution in [3.8, 4) is 0 Å². The van der Waals surface area contributed by atoms with Crippen LogP contribution in [0, 0.1) is 5.92 Å². The highest BCUT2D eigenvalue weighted by Crippen LogP contribution is 2.37. The van der Waals surface area contributed by atoms with Crippen molar-refractivity contribution in [1.82, 2.24) is 0 Å². The average Bonchev–Trinajstić information content (AvgIpc) is 2.74. The molecule has 2 saturated heterocycles. The normalized spacial score (nSPS) is 35.6. The van der Waals surface area contributed by atoms with E-state index in [2.05, 4.69) is 0 Å². The van der Waals surface area contributed by atoms with Crippen LogP contribution in [0.5, 0.6) is 0 Å². The molecule has 0 aromatic rings. The Morgan fingerprint density at radius 3 is 2.88 bits per heavy atom. The second-order valence-electron chi connectivity index (χ2n) is 5.54. The van der Waals surface area contributed by atoms with Crippen LogP contribution in [-0.4, -0.2) is 49.3 Å². The van der Waals surface area contributed by atoms with Crippen molar-refractivity contribution in [3.05, 3.63) is 0 Å². The van der Waals surface area contributed by atoms with Gasteiger partial charge in [0.25, 0.3) is 0 Å². The van der Waals surface area contributed by atoms with E-state index < -0.39 is 0 Å². The average molecular weight is 244 g/mol. The quantitative estimate of drug-likeness (QED) is 0.811. The molecule has 17 heavy (non-hydrogen) atoms. The Hall–Kier alpha value is -0.160. The first-order valence-electron chi connectivity index (χ1n) is 6.63. The molecule has 1 spiro atoms. The Kier molecular flexibility index (Phi) is 4.42. The molecule has 4 nitrogen and oxygen atoms in total. The van der Waals surface area contributed by atoms with Crippen molar-refractivity contribution in [3.63, 3.8) is 0 Å². The molecule has 1 N–H and O–H groups in total. The van der Waals surface area contributed by atoms with Gasteiger partial charge in [0.1, 0.15) is 0 Å². The lowest BCUT2D eigenvalue weighted by Gasteiger charge is -2.39.